The number of hydrogen-bond acceptors (Lipinski definition) is 4. The van der Waals surface area contributed by atoms with Crippen LogP contribution in [0.25, 0.3) is 21.8 Å². The first-order valence-electron chi connectivity index (χ1n) is 13.8. The smallest absolute Gasteiger partial charge is 0.124 e. The van der Waals surface area contributed by atoms with Crippen LogP contribution in [0, 0.1) is 12.3 Å². The van der Waals surface area contributed by atoms with Gasteiger partial charge in [-0.05, 0) is 73.9 Å². The van der Waals surface area contributed by atoms with E-state index >= 15 is 0 Å². The number of aryl methyl sites for hydroxylation is 1. The first-order valence-corrected chi connectivity index (χ1v) is 15.0. The fraction of sp³-hybridized carbons (Fsp3) is 0.333. The molecule has 1 aromatic heterocycles. The molecule has 6 rings (SSSR count). The van der Waals surface area contributed by atoms with Gasteiger partial charge in [0.25, 0.3) is 0 Å². The lowest BCUT2D eigenvalue weighted by atomic mass is 9.68. The van der Waals surface area contributed by atoms with E-state index < -0.39 is 0 Å². The van der Waals surface area contributed by atoms with Crippen molar-refractivity contribution in [2.24, 2.45) is 10.4 Å². The Kier molecular flexibility index (Phi) is 7.36. The van der Waals surface area contributed by atoms with Crippen LogP contribution in [0.5, 0.6) is 0 Å². The van der Waals surface area contributed by atoms with Gasteiger partial charge in [0.15, 0.2) is 0 Å². The van der Waals surface area contributed by atoms with E-state index in [0.29, 0.717) is 10.4 Å². The number of aliphatic imine (C=N–C) groups is 1. The number of piperidine rings is 1. The molecular weight excluding hydrogens is 506 g/mol. The molecule has 4 aromatic rings. The molecule has 1 aliphatic carbocycles. The fourth-order valence-corrected chi connectivity index (χ4v) is 7.08. The van der Waals surface area contributed by atoms with Crippen LogP contribution in [-0.2, 0) is 0 Å². The van der Waals surface area contributed by atoms with Gasteiger partial charge < -0.3 is 4.90 Å². The summed E-state index contributed by atoms with van der Waals surface area (Å²) < 4.78 is 0. The fourth-order valence-electron chi connectivity index (χ4n) is 5.98. The van der Waals surface area contributed by atoms with E-state index in [1.165, 1.54) is 69.3 Å². The zero-order valence-electron chi connectivity index (χ0n) is 22.0. The molecule has 1 aliphatic heterocycles. The first kappa shape index (κ1) is 25.3. The van der Waals surface area contributed by atoms with Crippen LogP contribution in [-0.4, -0.2) is 24.3 Å². The van der Waals surface area contributed by atoms with Gasteiger partial charge in [0.2, 0.25) is 0 Å². The lowest BCUT2D eigenvalue weighted by molar-refractivity contribution is 0.144. The van der Waals surface area contributed by atoms with E-state index in [4.69, 9.17) is 21.6 Å². The first-order chi connectivity index (χ1) is 18.6. The van der Waals surface area contributed by atoms with Crippen LogP contribution in [0.1, 0.15) is 56.1 Å². The predicted molar refractivity (Wildman–Crippen MR) is 163 cm³/mol. The number of thiazole rings is 1. The monoisotopic (exact) mass is 539 g/mol. The quantitative estimate of drug-likeness (QED) is 0.236. The Morgan fingerprint density at radius 1 is 0.895 bits per heavy atom. The summed E-state index contributed by atoms with van der Waals surface area (Å²) in [5.41, 5.74) is 8.10. The molecule has 38 heavy (non-hydrogen) atoms. The van der Waals surface area contributed by atoms with Crippen molar-refractivity contribution in [2.75, 3.05) is 18.0 Å². The maximum Gasteiger partial charge on any atom is 0.124 e. The van der Waals surface area contributed by atoms with Crippen molar-refractivity contribution in [3.8, 4) is 21.8 Å². The second-order valence-electron chi connectivity index (χ2n) is 11.0. The highest BCUT2D eigenvalue weighted by Gasteiger charge is 2.35. The molecule has 3 aromatic carbocycles. The summed E-state index contributed by atoms with van der Waals surface area (Å²) in [6, 6.07) is 23.2. The van der Waals surface area contributed by atoms with Gasteiger partial charge in [-0.25, -0.2) is 4.98 Å². The molecule has 0 atom stereocenters. The third-order valence-electron chi connectivity index (χ3n) is 8.39. The minimum absolute atomic E-state index is 0.640. The molecule has 0 unspecified atom stereocenters. The van der Waals surface area contributed by atoms with Crippen LogP contribution in [0.4, 0.5) is 11.4 Å². The molecule has 2 fully saturated rings. The third-order valence-corrected chi connectivity index (χ3v) is 9.59. The molecule has 194 valence electrons. The predicted octanol–water partition coefficient (Wildman–Crippen LogP) is 9.74. The van der Waals surface area contributed by atoms with E-state index in [1.54, 1.807) is 11.3 Å². The van der Waals surface area contributed by atoms with Gasteiger partial charge >= 0.3 is 0 Å². The summed E-state index contributed by atoms with van der Waals surface area (Å²) in [6.07, 6.45) is 11.8. The standard InChI is InChI=1S/C33H34ClN3S/c1-24-5-9-26(10-6-24)32-36-31(23-38-32)29-14-11-27(21-30(29)34)35-22-25-7-12-28(13-8-25)37-19-17-33(18-20-37)15-3-2-4-16-33/h5-14,21-23H,2-4,15-20H2,1H3. The lowest BCUT2D eigenvalue weighted by Crippen LogP contribution is -2.41. The zero-order valence-corrected chi connectivity index (χ0v) is 23.6. The molecule has 5 heteroatoms. The van der Waals surface area contributed by atoms with Gasteiger partial charge in [-0.2, -0.15) is 0 Å². The van der Waals surface area contributed by atoms with E-state index in [9.17, 15) is 0 Å². The Hall–Kier alpha value is -2.95. The second-order valence-corrected chi connectivity index (χ2v) is 12.2. The lowest BCUT2D eigenvalue weighted by Gasteiger charge is -2.45. The number of nitrogens with zero attached hydrogens (tertiary/aromatic N) is 3. The Balaban J connectivity index is 1.09. The van der Waals surface area contributed by atoms with Gasteiger partial charge in [-0.15, -0.1) is 11.3 Å². The van der Waals surface area contributed by atoms with E-state index in [1.807, 2.05) is 24.4 Å². The summed E-state index contributed by atoms with van der Waals surface area (Å²) >= 11 is 8.31. The maximum atomic E-state index is 6.67. The molecule has 0 bridgehead atoms. The minimum Gasteiger partial charge on any atom is -0.371 e. The molecule has 1 saturated carbocycles. The Bertz CT molecular complexity index is 1410. The normalized spacial score (nSPS) is 17.4. The third kappa shape index (κ3) is 5.57. The van der Waals surface area contributed by atoms with Crippen molar-refractivity contribution in [3.05, 3.63) is 88.3 Å². The van der Waals surface area contributed by atoms with Crippen LogP contribution in [0.15, 0.2) is 77.1 Å². The van der Waals surface area contributed by atoms with Gasteiger partial charge in [0.05, 0.1) is 16.4 Å². The SMILES string of the molecule is Cc1ccc(-c2nc(-c3ccc(N=Cc4ccc(N5CCC6(CCCCC6)CC5)cc4)cc3Cl)cs2)cc1. The van der Waals surface area contributed by atoms with Crippen LogP contribution < -0.4 is 4.90 Å². The molecule has 1 spiro atoms. The van der Waals surface area contributed by atoms with E-state index in [0.717, 1.165) is 33.1 Å². The molecule has 2 heterocycles. The number of benzene rings is 3. The van der Waals surface area contributed by atoms with Crippen LogP contribution >= 0.6 is 22.9 Å². The highest BCUT2D eigenvalue weighted by molar-refractivity contribution is 7.13. The van der Waals surface area contributed by atoms with Crippen LogP contribution in [0.2, 0.25) is 5.02 Å². The van der Waals surface area contributed by atoms with Gasteiger partial charge in [-0.3, -0.25) is 4.99 Å². The molecule has 1 saturated heterocycles. The Morgan fingerprint density at radius 3 is 2.34 bits per heavy atom. The van der Waals surface area contributed by atoms with Gasteiger partial charge in [0.1, 0.15) is 5.01 Å². The number of rotatable bonds is 5. The second kappa shape index (κ2) is 11.0. The Morgan fingerprint density at radius 2 is 1.63 bits per heavy atom. The number of halogens is 1. The molecule has 3 nitrogen and oxygen atoms in total. The average Bonchev–Trinajstić information content (AvgIpc) is 3.44. The Labute approximate surface area is 235 Å². The summed E-state index contributed by atoms with van der Waals surface area (Å²) in [4.78, 5) is 12.1. The minimum atomic E-state index is 0.640. The molecule has 2 aliphatic rings. The van der Waals surface area contributed by atoms with Gasteiger partial charge in [-0.1, -0.05) is 72.8 Å². The van der Waals surface area contributed by atoms with Crippen molar-refractivity contribution >= 4 is 40.5 Å². The van der Waals surface area contributed by atoms with Crippen molar-refractivity contribution in [1.82, 2.24) is 4.98 Å². The van der Waals surface area contributed by atoms with Crippen molar-refractivity contribution < 1.29 is 0 Å². The average molecular weight is 540 g/mol. The zero-order chi connectivity index (χ0) is 26.0. The maximum absolute atomic E-state index is 6.67. The topological polar surface area (TPSA) is 28.5 Å². The van der Waals surface area contributed by atoms with Crippen molar-refractivity contribution in [2.45, 2.75) is 51.9 Å². The summed E-state index contributed by atoms with van der Waals surface area (Å²) in [5, 5.41) is 3.73. The largest absolute Gasteiger partial charge is 0.371 e. The van der Waals surface area contributed by atoms with E-state index in [2.05, 4.69) is 65.7 Å². The molecule has 0 radical (unpaired) electrons. The number of hydrogen-bond donors (Lipinski definition) is 0. The summed E-state index contributed by atoms with van der Waals surface area (Å²) in [6.45, 7) is 4.46. The number of anilines is 1. The summed E-state index contributed by atoms with van der Waals surface area (Å²) in [7, 11) is 0. The summed E-state index contributed by atoms with van der Waals surface area (Å²) in [5.74, 6) is 0. The number of aromatic nitrogens is 1. The van der Waals surface area contributed by atoms with Gasteiger partial charge in [0, 0.05) is 41.5 Å². The highest BCUT2D eigenvalue weighted by atomic mass is 35.5. The molecule has 0 amide bonds. The highest BCUT2D eigenvalue weighted by Crippen LogP contribution is 2.45. The van der Waals surface area contributed by atoms with Crippen molar-refractivity contribution in [1.29, 1.82) is 0 Å². The molecular formula is C33H34ClN3S. The van der Waals surface area contributed by atoms with E-state index in [-0.39, 0.29) is 0 Å². The van der Waals surface area contributed by atoms with Crippen molar-refractivity contribution in [3.63, 3.8) is 0 Å². The van der Waals surface area contributed by atoms with Crippen LogP contribution in [0.3, 0.4) is 0 Å². The molecule has 0 N–H and O–H groups in total.